The van der Waals surface area contributed by atoms with Crippen LogP contribution in [0, 0.1) is 6.92 Å². The minimum atomic E-state index is 0.0935. The number of rotatable bonds is 2. The normalized spacial score (nSPS) is 20.2. The number of benzene rings is 1. The van der Waals surface area contributed by atoms with Crippen molar-refractivity contribution in [3.8, 4) is 0 Å². The van der Waals surface area contributed by atoms with Gasteiger partial charge in [-0.05, 0) is 25.5 Å². The molecule has 0 saturated carbocycles. The van der Waals surface area contributed by atoms with Gasteiger partial charge < -0.3 is 10.7 Å². The zero-order valence-electron chi connectivity index (χ0n) is 11.1. The second-order valence-corrected chi connectivity index (χ2v) is 5.49. The van der Waals surface area contributed by atoms with E-state index in [1.807, 2.05) is 25.1 Å². The van der Waals surface area contributed by atoms with Crippen LogP contribution in [0.2, 0.25) is 0 Å². The number of nitrogens with two attached hydrogens (primary N) is 1. The molecule has 0 spiro atoms. The van der Waals surface area contributed by atoms with Crippen molar-refractivity contribution in [1.29, 1.82) is 0 Å². The summed E-state index contributed by atoms with van der Waals surface area (Å²) in [6.07, 6.45) is 1.04. The number of fused-ring (bicyclic) bond motifs is 1. The van der Waals surface area contributed by atoms with E-state index in [2.05, 4.69) is 9.88 Å². The molecule has 1 aromatic carbocycles. The quantitative estimate of drug-likeness (QED) is 0.854. The van der Waals surface area contributed by atoms with Gasteiger partial charge in [-0.2, -0.15) is 0 Å². The molecule has 0 aliphatic carbocycles. The van der Waals surface area contributed by atoms with Crippen molar-refractivity contribution in [2.75, 3.05) is 13.1 Å². The van der Waals surface area contributed by atoms with Crippen LogP contribution >= 0.6 is 0 Å². The van der Waals surface area contributed by atoms with Gasteiger partial charge in [0.1, 0.15) is 0 Å². The van der Waals surface area contributed by atoms with E-state index in [0.29, 0.717) is 0 Å². The molecule has 1 aliphatic heterocycles. The molecule has 2 heterocycles. The Kier molecular flexibility index (Phi) is 3.12. The van der Waals surface area contributed by atoms with Gasteiger partial charge in [0, 0.05) is 48.3 Å². The van der Waals surface area contributed by atoms with E-state index in [4.69, 9.17) is 5.73 Å². The van der Waals surface area contributed by atoms with Gasteiger partial charge in [-0.25, -0.2) is 0 Å². The second kappa shape index (κ2) is 4.79. The molecule has 0 bridgehead atoms. The van der Waals surface area contributed by atoms with Crippen molar-refractivity contribution in [1.82, 2.24) is 9.88 Å². The van der Waals surface area contributed by atoms with Gasteiger partial charge in [0.2, 0.25) is 0 Å². The van der Waals surface area contributed by atoms with Gasteiger partial charge in [-0.15, -0.1) is 0 Å². The molecule has 0 amide bonds. The lowest BCUT2D eigenvalue weighted by atomic mass is 10.1. The summed E-state index contributed by atoms with van der Waals surface area (Å²) >= 11 is 0. The van der Waals surface area contributed by atoms with E-state index in [0.717, 1.165) is 48.2 Å². The van der Waals surface area contributed by atoms with Crippen LogP contribution in [0.4, 0.5) is 0 Å². The number of H-pyrrole nitrogens is 1. The Morgan fingerprint density at radius 2 is 2.26 bits per heavy atom. The second-order valence-electron chi connectivity index (χ2n) is 5.49. The van der Waals surface area contributed by atoms with Gasteiger partial charge >= 0.3 is 0 Å². The van der Waals surface area contributed by atoms with Crippen LogP contribution in [0.1, 0.15) is 17.7 Å². The molecule has 1 unspecified atom stereocenters. The van der Waals surface area contributed by atoms with Crippen molar-refractivity contribution in [2.45, 2.75) is 25.9 Å². The van der Waals surface area contributed by atoms with E-state index in [1.54, 1.807) is 6.07 Å². The van der Waals surface area contributed by atoms with Gasteiger partial charge in [0.15, 0.2) is 5.43 Å². The Labute approximate surface area is 112 Å². The third-order valence-electron chi connectivity index (χ3n) is 3.74. The molecular formula is C15H19N3O. The maximum absolute atomic E-state index is 12.1. The van der Waals surface area contributed by atoms with Crippen LogP contribution < -0.4 is 11.2 Å². The highest BCUT2D eigenvalue weighted by atomic mass is 16.1. The molecule has 3 rings (SSSR count). The fraction of sp³-hybridized carbons (Fsp3) is 0.400. The van der Waals surface area contributed by atoms with Gasteiger partial charge in [0.05, 0.1) is 0 Å². The van der Waals surface area contributed by atoms with Crippen LogP contribution in [0.15, 0.2) is 29.1 Å². The molecule has 4 nitrogen and oxygen atoms in total. The fourth-order valence-corrected chi connectivity index (χ4v) is 2.75. The Morgan fingerprint density at radius 3 is 3.00 bits per heavy atom. The maximum atomic E-state index is 12.1. The van der Waals surface area contributed by atoms with Crippen molar-refractivity contribution in [3.63, 3.8) is 0 Å². The first-order valence-electron chi connectivity index (χ1n) is 6.72. The number of pyridine rings is 1. The predicted molar refractivity (Wildman–Crippen MR) is 77.2 cm³/mol. The number of aromatic nitrogens is 1. The molecule has 1 atom stereocenters. The summed E-state index contributed by atoms with van der Waals surface area (Å²) in [7, 11) is 0. The van der Waals surface area contributed by atoms with Crippen molar-refractivity contribution >= 4 is 10.9 Å². The predicted octanol–water partition coefficient (Wildman–Crippen LogP) is 1.37. The highest BCUT2D eigenvalue weighted by Crippen LogP contribution is 2.14. The van der Waals surface area contributed by atoms with Gasteiger partial charge in [0.25, 0.3) is 0 Å². The Bertz CT molecular complexity index is 662. The molecule has 19 heavy (non-hydrogen) atoms. The Hall–Kier alpha value is -1.65. The molecule has 3 N–H and O–H groups in total. The Balaban J connectivity index is 1.93. The van der Waals surface area contributed by atoms with Gasteiger partial charge in [-0.1, -0.05) is 11.6 Å². The highest BCUT2D eigenvalue weighted by Gasteiger charge is 2.19. The minimum Gasteiger partial charge on any atom is -0.357 e. The summed E-state index contributed by atoms with van der Waals surface area (Å²) in [5.41, 5.74) is 8.98. The van der Waals surface area contributed by atoms with E-state index >= 15 is 0 Å². The third kappa shape index (κ3) is 2.55. The van der Waals surface area contributed by atoms with Crippen molar-refractivity contribution in [3.05, 3.63) is 45.7 Å². The smallest absolute Gasteiger partial charge is 0.189 e. The van der Waals surface area contributed by atoms with Crippen molar-refractivity contribution < 1.29 is 0 Å². The van der Waals surface area contributed by atoms with E-state index in [-0.39, 0.29) is 11.5 Å². The van der Waals surface area contributed by atoms with Crippen LogP contribution in [0.25, 0.3) is 10.9 Å². The molecule has 1 fully saturated rings. The molecular weight excluding hydrogens is 238 g/mol. The molecule has 4 heteroatoms. The standard InChI is InChI=1S/C15H19N3O/c1-10-2-3-14-13(6-10)15(19)7-12(17-14)9-18-5-4-11(16)8-18/h2-3,6-7,11H,4-5,8-9,16H2,1H3,(H,17,19). The average Bonchev–Trinajstić information content (AvgIpc) is 2.76. The number of nitrogens with one attached hydrogen (secondary N) is 1. The fourth-order valence-electron chi connectivity index (χ4n) is 2.75. The monoisotopic (exact) mass is 257 g/mol. The largest absolute Gasteiger partial charge is 0.357 e. The molecule has 1 aliphatic rings. The number of likely N-dealkylation sites (tertiary alicyclic amines) is 1. The summed E-state index contributed by atoms with van der Waals surface area (Å²) in [4.78, 5) is 17.8. The van der Waals surface area contributed by atoms with E-state index in [1.165, 1.54) is 0 Å². The maximum Gasteiger partial charge on any atom is 0.189 e. The lowest BCUT2D eigenvalue weighted by molar-refractivity contribution is 0.323. The molecule has 1 aromatic heterocycles. The molecule has 1 saturated heterocycles. The summed E-state index contributed by atoms with van der Waals surface area (Å²) in [6, 6.07) is 7.92. The topological polar surface area (TPSA) is 62.1 Å². The highest BCUT2D eigenvalue weighted by molar-refractivity contribution is 5.79. The zero-order chi connectivity index (χ0) is 13.4. The van der Waals surface area contributed by atoms with Crippen LogP contribution in [0.3, 0.4) is 0 Å². The number of hydrogen-bond acceptors (Lipinski definition) is 3. The molecule has 2 aromatic rings. The van der Waals surface area contributed by atoms with Gasteiger partial charge in [-0.3, -0.25) is 9.69 Å². The summed E-state index contributed by atoms with van der Waals surface area (Å²) in [5, 5.41) is 0.766. The zero-order valence-corrected chi connectivity index (χ0v) is 11.1. The lowest BCUT2D eigenvalue weighted by Gasteiger charge is -2.15. The van der Waals surface area contributed by atoms with E-state index < -0.39 is 0 Å². The first-order valence-corrected chi connectivity index (χ1v) is 6.72. The lowest BCUT2D eigenvalue weighted by Crippen LogP contribution is -2.26. The molecule has 100 valence electrons. The van der Waals surface area contributed by atoms with Crippen LogP contribution in [-0.4, -0.2) is 29.0 Å². The number of aromatic amines is 1. The van der Waals surface area contributed by atoms with Crippen molar-refractivity contribution in [2.24, 2.45) is 5.73 Å². The average molecular weight is 257 g/mol. The molecule has 0 radical (unpaired) electrons. The van der Waals surface area contributed by atoms with E-state index in [9.17, 15) is 4.79 Å². The first-order chi connectivity index (χ1) is 9.11. The number of aryl methyl sites for hydroxylation is 1. The Morgan fingerprint density at radius 1 is 1.42 bits per heavy atom. The first kappa shape index (κ1) is 12.4. The SMILES string of the molecule is Cc1ccc2[nH]c(CN3CCC(N)C3)cc(=O)c2c1. The summed E-state index contributed by atoms with van der Waals surface area (Å²) in [6.45, 7) is 4.69. The number of nitrogens with zero attached hydrogens (tertiary/aromatic N) is 1. The number of hydrogen-bond donors (Lipinski definition) is 2. The van der Waals surface area contributed by atoms with Crippen LogP contribution in [0.5, 0.6) is 0 Å². The van der Waals surface area contributed by atoms with Crippen LogP contribution in [-0.2, 0) is 6.54 Å². The minimum absolute atomic E-state index is 0.0935. The summed E-state index contributed by atoms with van der Waals surface area (Å²) in [5.74, 6) is 0. The summed E-state index contributed by atoms with van der Waals surface area (Å²) < 4.78 is 0. The third-order valence-corrected chi connectivity index (χ3v) is 3.74.